The molecule has 0 aromatic carbocycles. The van der Waals surface area contributed by atoms with Crippen LogP contribution in [0.4, 0.5) is 0 Å². The van der Waals surface area contributed by atoms with Crippen molar-refractivity contribution in [3.63, 3.8) is 0 Å². The Labute approximate surface area is 92.2 Å². The zero-order chi connectivity index (χ0) is 11.6. The average molecular weight is 271 g/mol. The number of nitrogens with two attached hydrogens (primary N) is 1. The quantitative estimate of drug-likeness (QED) is 0.657. The second kappa shape index (κ2) is 0.452. The number of fused-ring (bicyclic) bond motifs is 10. The molecular formula is C15H21FeN. The van der Waals surface area contributed by atoms with Gasteiger partial charge in [-0.25, -0.2) is 0 Å². The van der Waals surface area contributed by atoms with E-state index < -0.39 is 6.51 Å². The third-order valence-electron chi connectivity index (χ3n) is 19.8. The van der Waals surface area contributed by atoms with Crippen LogP contribution in [0.1, 0.15) is 34.6 Å². The Bertz CT molecular complexity index is 998. The molecule has 1 spiro atoms. The molecule has 1 nitrogen and oxygen atoms in total. The first-order valence-electron chi connectivity index (χ1n) is 7.49. The molecule has 0 radical (unpaired) electrons. The van der Waals surface area contributed by atoms with Gasteiger partial charge in [0.25, 0.3) is 0 Å². The first-order valence-corrected chi connectivity index (χ1v) is 13.4. The summed E-state index contributed by atoms with van der Waals surface area (Å²) in [4.78, 5) is 4.85. The first kappa shape index (κ1) is 6.77. The van der Waals surface area contributed by atoms with Crippen molar-refractivity contribution in [1.29, 1.82) is 0 Å². The standard InChI is InChI=1S/C10H15.C5H6N.Fe/c1-6-7(2)9(4)10(5)8(6)3;6-5-3-1-2-4-5;/h1-5H3;1-4H,6H2;. The second-order valence-corrected chi connectivity index (χ2v) is 35.1. The zero-order valence-electron chi connectivity index (χ0n) is 11.2. The van der Waals surface area contributed by atoms with Gasteiger partial charge in [0.1, 0.15) is 0 Å². The topological polar surface area (TPSA) is 26.0 Å². The maximum absolute atomic E-state index is 7.28. The fraction of sp³-hybridized carbons (Fsp3) is 1.00. The van der Waals surface area contributed by atoms with Crippen LogP contribution in [0.15, 0.2) is 0 Å². The third kappa shape index (κ3) is 0.0430. The van der Waals surface area contributed by atoms with E-state index in [-0.39, 0.29) is 0 Å². The summed E-state index contributed by atoms with van der Waals surface area (Å²) in [7, 11) is 0. The van der Waals surface area contributed by atoms with E-state index in [1.807, 2.05) is 0 Å². The summed E-state index contributed by atoms with van der Waals surface area (Å²) in [6.45, 7) is 10.3. The zero-order valence-corrected chi connectivity index (χ0v) is 12.3. The van der Waals surface area contributed by atoms with E-state index in [2.05, 4.69) is 34.6 Å². The van der Waals surface area contributed by atoms with Gasteiger partial charge in [0.05, 0.1) is 0 Å². The van der Waals surface area contributed by atoms with Crippen molar-refractivity contribution in [1.82, 2.24) is 0 Å². The van der Waals surface area contributed by atoms with E-state index in [1.54, 1.807) is 0 Å². The van der Waals surface area contributed by atoms with Gasteiger partial charge >= 0.3 is 92.1 Å². The molecule has 0 aromatic rings. The van der Waals surface area contributed by atoms with Gasteiger partial charge in [-0.3, -0.25) is 0 Å². The average Bonchev–Trinajstić information content (AvgIpc) is 3.23. The number of hydrogen-bond donors (Lipinski definition) is 1. The fourth-order valence-electron chi connectivity index (χ4n) is 23.9. The molecule has 0 aliphatic carbocycles. The summed E-state index contributed by atoms with van der Waals surface area (Å²) in [5.74, 6) is 0. The monoisotopic (exact) mass is 271 g/mol. The summed E-state index contributed by atoms with van der Waals surface area (Å²) in [5, 5.41) is 0. The van der Waals surface area contributed by atoms with Gasteiger partial charge in [-0.05, 0) is 0 Å². The van der Waals surface area contributed by atoms with E-state index in [1.165, 1.54) is 9.63 Å². The summed E-state index contributed by atoms with van der Waals surface area (Å²) < 4.78 is 4.66. The van der Waals surface area contributed by atoms with Crippen molar-refractivity contribution >= 4 is 0 Å². The van der Waals surface area contributed by atoms with Crippen LogP contribution in [0, 0.1) is 0 Å². The second-order valence-electron chi connectivity index (χ2n) is 11.8. The van der Waals surface area contributed by atoms with Crippen molar-refractivity contribution in [3.05, 3.63) is 0 Å². The van der Waals surface area contributed by atoms with Crippen LogP contribution >= 0.6 is 0 Å². The van der Waals surface area contributed by atoms with Crippen molar-refractivity contribution in [2.45, 2.75) is 79.9 Å². The van der Waals surface area contributed by atoms with Crippen LogP contribution in [0.3, 0.4) is 0 Å². The molecule has 10 rings (SSSR count). The van der Waals surface area contributed by atoms with Gasteiger partial charge in [0.2, 0.25) is 0 Å². The van der Waals surface area contributed by atoms with Crippen LogP contribution in [-0.2, 0) is 6.51 Å². The molecule has 4 unspecified atom stereocenters. The van der Waals surface area contributed by atoms with E-state index in [9.17, 15) is 0 Å². The molecule has 4 atom stereocenters. The predicted octanol–water partition coefficient (Wildman–Crippen LogP) is 4.19. The Balaban J connectivity index is 1.98. The molecule has 0 amide bonds. The molecule has 2 heteroatoms. The summed E-state index contributed by atoms with van der Waals surface area (Å²) in [6.07, 6.45) is 0. The van der Waals surface area contributed by atoms with Crippen LogP contribution in [0.25, 0.3) is 0 Å². The van der Waals surface area contributed by atoms with Crippen molar-refractivity contribution in [2.24, 2.45) is 5.73 Å². The van der Waals surface area contributed by atoms with Crippen LogP contribution < -0.4 is 5.73 Å². The summed E-state index contributed by atoms with van der Waals surface area (Å²) in [5.41, 5.74) is 7.28. The van der Waals surface area contributed by atoms with Crippen molar-refractivity contribution < 1.29 is 6.51 Å². The van der Waals surface area contributed by atoms with E-state index in [0.717, 1.165) is 31.2 Å². The molecule has 94 valence electrons. The minimum atomic E-state index is -3.51. The van der Waals surface area contributed by atoms with Crippen molar-refractivity contribution in [2.75, 3.05) is 0 Å². The molecular weight excluding hydrogens is 250 g/mol. The van der Waals surface area contributed by atoms with Gasteiger partial charge in [-0.15, -0.1) is 0 Å². The SMILES string of the molecule is C[C]12[C]3(C)[C]4(C)[C]5(C)[C]1(C)[Fe]23451678[CH]2[CH]1[CH]6[C]7(N)[CH]28. The first-order chi connectivity index (χ1) is 7.51. The molecule has 17 heavy (non-hydrogen) atoms. The molecule has 10 aliphatic rings. The van der Waals surface area contributed by atoms with Crippen LogP contribution in [-0.4, -0.2) is 4.44 Å². The molecule has 0 aromatic heterocycles. The molecule has 10 saturated heterocycles. The Morgan fingerprint density at radius 2 is 1.00 bits per heavy atom. The van der Waals surface area contributed by atoms with E-state index >= 15 is 0 Å². The van der Waals surface area contributed by atoms with Gasteiger partial charge in [-0.1, -0.05) is 0 Å². The molecule has 2 N–H and O–H groups in total. The van der Waals surface area contributed by atoms with Crippen LogP contribution in [0.5, 0.6) is 0 Å². The Kier molecular flexibility index (Phi) is 0.180. The molecule has 10 heterocycles. The van der Waals surface area contributed by atoms with Gasteiger partial charge in [-0.2, -0.15) is 0 Å². The summed E-state index contributed by atoms with van der Waals surface area (Å²) in [6, 6.07) is 0. The molecule has 0 bridgehead atoms. The molecule has 10 aliphatic heterocycles. The summed E-state index contributed by atoms with van der Waals surface area (Å²) >= 11 is 0. The van der Waals surface area contributed by atoms with Crippen molar-refractivity contribution in [3.8, 4) is 0 Å². The van der Waals surface area contributed by atoms with Gasteiger partial charge < -0.3 is 0 Å². The van der Waals surface area contributed by atoms with E-state index in [4.69, 9.17) is 5.73 Å². The van der Waals surface area contributed by atoms with Gasteiger partial charge in [0.15, 0.2) is 0 Å². The van der Waals surface area contributed by atoms with Crippen LogP contribution in [0.2, 0.25) is 40.8 Å². The Morgan fingerprint density at radius 1 is 0.706 bits per heavy atom. The fourth-order valence-corrected chi connectivity index (χ4v) is 112. The number of rotatable bonds is 0. The maximum atomic E-state index is 7.28. The predicted molar refractivity (Wildman–Crippen MR) is 63.8 cm³/mol. The normalized spacial score (nSPS) is 141. The number of hydrogen-bond acceptors (Lipinski definition) is 1. The molecule has 10 fully saturated rings. The Hall–Kier alpha value is 0.479. The minimum absolute atomic E-state index is 0.505. The van der Waals surface area contributed by atoms with Gasteiger partial charge in [0, 0.05) is 0 Å². The molecule has 0 saturated carbocycles. The Morgan fingerprint density at radius 3 is 1.00 bits per heavy atom. The van der Waals surface area contributed by atoms with E-state index in [0.29, 0.717) is 4.44 Å². The third-order valence-corrected chi connectivity index (χ3v) is 70.6.